The Morgan fingerprint density at radius 1 is 1.45 bits per heavy atom. The summed E-state index contributed by atoms with van der Waals surface area (Å²) in [5.41, 5.74) is 7.51. The number of benzene rings is 1. The van der Waals surface area contributed by atoms with Crippen LogP contribution in [0.5, 0.6) is 0 Å². The van der Waals surface area contributed by atoms with E-state index in [0.29, 0.717) is 17.8 Å². The van der Waals surface area contributed by atoms with Crippen LogP contribution in [0, 0.1) is 0 Å². The molecule has 0 amide bonds. The summed E-state index contributed by atoms with van der Waals surface area (Å²) < 4.78 is 12.8. The first kappa shape index (κ1) is 6.34. The second kappa shape index (κ2) is 2.05. The minimum absolute atomic E-state index is 0.396. The number of fused-ring (bicyclic) bond motifs is 1. The van der Waals surface area contributed by atoms with Crippen molar-refractivity contribution >= 4 is 11.7 Å². The minimum Gasteiger partial charge on any atom is -0.399 e. The Kier molecular flexibility index (Phi) is 1.18. The van der Waals surface area contributed by atoms with Gasteiger partial charge in [0.05, 0.1) is 6.54 Å². The fraction of sp³-hybridized carbons (Fsp3) is 0.125. The summed E-state index contributed by atoms with van der Waals surface area (Å²) in [6.07, 6.45) is 0. The fourth-order valence-electron chi connectivity index (χ4n) is 1.16. The molecule has 2 N–H and O–H groups in total. The largest absolute Gasteiger partial charge is 0.399 e. The highest BCUT2D eigenvalue weighted by molar-refractivity contribution is 5.97. The Labute approximate surface area is 63.6 Å². The van der Waals surface area contributed by atoms with E-state index in [1.54, 1.807) is 18.2 Å². The molecule has 2 nitrogen and oxygen atoms in total. The van der Waals surface area contributed by atoms with E-state index in [1.165, 1.54) is 0 Å². The highest BCUT2D eigenvalue weighted by Gasteiger charge is 2.14. The first-order chi connectivity index (χ1) is 5.27. The van der Waals surface area contributed by atoms with Crippen molar-refractivity contribution in [2.45, 2.75) is 6.54 Å². The monoisotopic (exact) mass is 150 g/mol. The van der Waals surface area contributed by atoms with Crippen LogP contribution in [0.15, 0.2) is 23.2 Å². The van der Waals surface area contributed by atoms with Crippen LogP contribution < -0.4 is 5.73 Å². The lowest BCUT2D eigenvalue weighted by molar-refractivity contribution is 0.805. The zero-order valence-corrected chi connectivity index (χ0v) is 5.84. The second-order valence-corrected chi connectivity index (χ2v) is 2.52. The lowest BCUT2D eigenvalue weighted by Gasteiger charge is -1.97. The van der Waals surface area contributed by atoms with Gasteiger partial charge < -0.3 is 5.73 Å². The average molecular weight is 150 g/mol. The van der Waals surface area contributed by atoms with Crippen LogP contribution in [0.3, 0.4) is 0 Å². The topological polar surface area (TPSA) is 38.4 Å². The Balaban J connectivity index is 2.60. The lowest BCUT2D eigenvalue weighted by atomic mass is 10.1. The summed E-state index contributed by atoms with van der Waals surface area (Å²) >= 11 is 0. The van der Waals surface area contributed by atoms with Gasteiger partial charge in [0.2, 0.25) is 5.97 Å². The van der Waals surface area contributed by atoms with Gasteiger partial charge in [0.15, 0.2) is 0 Å². The van der Waals surface area contributed by atoms with Crippen molar-refractivity contribution in [2.24, 2.45) is 4.99 Å². The molecule has 1 heterocycles. The van der Waals surface area contributed by atoms with Gasteiger partial charge in [-0.1, -0.05) is 6.07 Å². The van der Waals surface area contributed by atoms with Crippen LogP contribution in [0.25, 0.3) is 0 Å². The molecule has 1 aromatic rings. The summed E-state index contributed by atoms with van der Waals surface area (Å²) in [4.78, 5) is 3.64. The normalized spacial score (nSPS) is 14.5. The number of nitrogens with two attached hydrogens (primary N) is 1. The molecule has 3 heteroatoms. The number of aliphatic imine (C=N–C) groups is 1. The quantitative estimate of drug-likeness (QED) is 0.559. The van der Waals surface area contributed by atoms with E-state index in [1.807, 2.05) is 0 Å². The fourth-order valence-corrected chi connectivity index (χ4v) is 1.16. The second-order valence-electron chi connectivity index (χ2n) is 2.52. The van der Waals surface area contributed by atoms with Gasteiger partial charge in [0, 0.05) is 11.3 Å². The Bertz CT molecular complexity index is 331. The van der Waals surface area contributed by atoms with E-state index in [9.17, 15) is 4.39 Å². The zero-order valence-electron chi connectivity index (χ0n) is 5.84. The van der Waals surface area contributed by atoms with Crippen molar-refractivity contribution < 1.29 is 4.39 Å². The molecule has 0 radical (unpaired) electrons. The molecule has 0 bridgehead atoms. The Morgan fingerprint density at radius 3 is 3.09 bits per heavy atom. The van der Waals surface area contributed by atoms with Crippen LogP contribution in [0.2, 0.25) is 0 Å². The maximum atomic E-state index is 12.8. The summed E-state index contributed by atoms with van der Waals surface area (Å²) in [7, 11) is 0. The van der Waals surface area contributed by atoms with Gasteiger partial charge in [-0.3, -0.25) is 4.99 Å². The molecule has 0 fully saturated rings. The Hall–Kier alpha value is -1.38. The predicted octanol–water partition coefficient (Wildman–Crippen LogP) is 1.50. The minimum atomic E-state index is -0.396. The van der Waals surface area contributed by atoms with Crippen LogP contribution in [0.4, 0.5) is 10.1 Å². The van der Waals surface area contributed by atoms with Gasteiger partial charge in [0.1, 0.15) is 0 Å². The van der Waals surface area contributed by atoms with Gasteiger partial charge in [-0.05, 0) is 17.7 Å². The molecule has 1 aliphatic heterocycles. The molecular weight excluding hydrogens is 143 g/mol. The van der Waals surface area contributed by atoms with Gasteiger partial charge >= 0.3 is 0 Å². The highest BCUT2D eigenvalue weighted by Crippen LogP contribution is 2.21. The molecule has 1 aliphatic rings. The number of hydrogen-bond donors (Lipinski definition) is 1. The van der Waals surface area contributed by atoms with Gasteiger partial charge in [-0.15, -0.1) is 0 Å². The molecule has 0 saturated heterocycles. The third-order valence-corrected chi connectivity index (χ3v) is 1.74. The standard InChI is InChI=1S/C8H7FN2/c9-8-7-3-6(10)2-1-5(7)4-11-8/h1-3H,4,10H2. The molecule has 0 aromatic heterocycles. The smallest absolute Gasteiger partial charge is 0.216 e. The van der Waals surface area contributed by atoms with E-state index >= 15 is 0 Å². The molecule has 0 atom stereocenters. The van der Waals surface area contributed by atoms with Crippen LogP contribution in [-0.2, 0) is 6.54 Å². The van der Waals surface area contributed by atoms with Crippen LogP contribution in [0.1, 0.15) is 11.1 Å². The molecule has 56 valence electrons. The van der Waals surface area contributed by atoms with Crippen molar-refractivity contribution in [2.75, 3.05) is 5.73 Å². The van der Waals surface area contributed by atoms with E-state index in [0.717, 1.165) is 5.56 Å². The van der Waals surface area contributed by atoms with E-state index in [-0.39, 0.29) is 0 Å². The summed E-state index contributed by atoms with van der Waals surface area (Å²) in [6.45, 7) is 0.446. The average Bonchev–Trinajstić information content (AvgIpc) is 2.33. The van der Waals surface area contributed by atoms with Crippen molar-refractivity contribution in [1.82, 2.24) is 0 Å². The van der Waals surface area contributed by atoms with Crippen molar-refractivity contribution in [3.05, 3.63) is 29.3 Å². The van der Waals surface area contributed by atoms with E-state index < -0.39 is 5.97 Å². The molecular formula is C8H7FN2. The molecule has 1 aromatic carbocycles. The molecule has 0 saturated carbocycles. The third-order valence-electron chi connectivity index (χ3n) is 1.74. The first-order valence-corrected chi connectivity index (χ1v) is 3.36. The number of hydrogen-bond acceptors (Lipinski definition) is 2. The summed E-state index contributed by atoms with van der Waals surface area (Å²) in [5.74, 6) is -0.396. The van der Waals surface area contributed by atoms with Crippen LogP contribution in [-0.4, -0.2) is 5.97 Å². The SMILES string of the molecule is Nc1ccc2c(c1)C(F)=NC2. The summed E-state index contributed by atoms with van der Waals surface area (Å²) in [5, 5.41) is 0. The van der Waals surface area contributed by atoms with Crippen molar-refractivity contribution in [1.29, 1.82) is 0 Å². The molecule has 0 aliphatic carbocycles. The molecule has 2 rings (SSSR count). The molecule has 0 unspecified atom stereocenters. The maximum absolute atomic E-state index is 12.8. The maximum Gasteiger partial charge on any atom is 0.216 e. The number of nitrogen functional groups attached to an aromatic ring is 1. The number of anilines is 1. The first-order valence-electron chi connectivity index (χ1n) is 3.36. The lowest BCUT2D eigenvalue weighted by Crippen LogP contribution is -1.93. The predicted molar refractivity (Wildman–Crippen MR) is 42.2 cm³/mol. The zero-order chi connectivity index (χ0) is 7.84. The summed E-state index contributed by atoms with van der Waals surface area (Å²) in [6, 6.07) is 5.18. The van der Waals surface area contributed by atoms with Crippen molar-refractivity contribution in [3.63, 3.8) is 0 Å². The third kappa shape index (κ3) is 0.888. The number of nitrogens with zero attached hydrogens (tertiary/aromatic N) is 1. The highest BCUT2D eigenvalue weighted by atomic mass is 19.1. The van der Waals surface area contributed by atoms with E-state index in [2.05, 4.69) is 4.99 Å². The van der Waals surface area contributed by atoms with Gasteiger partial charge in [-0.25, -0.2) is 0 Å². The Morgan fingerprint density at radius 2 is 2.27 bits per heavy atom. The van der Waals surface area contributed by atoms with Gasteiger partial charge in [-0.2, -0.15) is 4.39 Å². The number of halogens is 1. The van der Waals surface area contributed by atoms with Crippen molar-refractivity contribution in [3.8, 4) is 0 Å². The molecule has 0 spiro atoms. The van der Waals surface area contributed by atoms with Crippen LogP contribution >= 0.6 is 0 Å². The number of rotatable bonds is 0. The van der Waals surface area contributed by atoms with Gasteiger partial charge in [0.25, 0.3) is 0 Å². The molecule has 11 heavy (non-hydrogen) atoms. The van der Waals surface area contributed by atoms with E-state index in [4.69, 9.17) is 5.73 Å².